The summed E-state index contributed by atoms with van der Waals surface area (Å²) in [5.41, 5.74) is 1.75. The largest absolute Gasteiger partial charge is 0.344 e. The molecule has 1 amide bonds. The number of aromatic nitrogens is 4. The second-order valence-corrected chi connectivity index (χ2v) is 4.46. The number of amides is 1. The van der Waals surface area contributed by atoms with E-state index in [4.69, 9.17) is 0 Å². The van der Waals surface area contributed by atoms with Crippen molar-refractivity contribution in [2.45, 2.75) is 26.4 Å². The number of hydrogen-bond donors (Lipinski definition) is 1. The van der Waals surface area contributed by atoms with E-state index in [0.29, 0.717) is 4.68 Å². The van der Waals surface area contributed by atoms with Gasteiger partial charge in [0.2, 0.25) is 0 Å². The Hall–Kier alpha value is -2.25. The first kappa shape index (κ1) is 14.2. The van der Waals surface area contributed by atoms with Crippen molar-refractivity contribution in [1.82, 2.24) is 24.9 Å². The van der Waals surface area contributed by atoms with Crippen molar-refractivity contribution in [3.63, 3.8) is 0 Å². The Morgan fingerprint density at radius 1 is 1.45 bits per heavy atom. The van der Waals surface area contributed by atoms with Crippen LogP contribution in [0.25, 0.3) is 0 Å². The lowest BCUT2D eigenvalue weighted by Gasteiger charge is -2.12. The summed E-state index contributed by atoms with van der Waals surface area (Å²) in [5, 5.41) is 10.3. The second-order valence-electron chi connectivity index (χ2n) is 4.46. The number of aryl methyl sites for hydroxylation is 1. The van der Waals surface area contributed by atoms with E-state index in [9.17, 15) is 13.6 Å². The summed E-state index contributed by atoms with van der Waals surface area (Å²) in [6.45, 7) is 0.928. The van der Waals surface area contributed by atoms with Gasteiger partial charge in [-0.2, -0.15) is 19.0 Å². The maximum atomic E-state index is 12.4. The highest BCUT2D eigenvalue weighted by atomic mass is 19.3. The van der Waals surface area contributed by atoms with Gasteiger partial charge in [0.15, 0.2) is 0 Å². The second kappa shape index (κ2) is 5.40. The summed E-state index contributed by atoms with van der Waals surface area (Å²) in [6.07, 6.45) is 2.73. The van der Waals surface area contributed by atoms with E-state index in [1.807, 2.05) is 6.92 Å². The zero-order valence-electron chi connectivity index (χ0n) is 11.3. The predicted octanol–water partition coefficient (Wildman–Crippen LogP) is 1.81. The molecule has 2 heterocycles. The van der Waals surface area contributed by atoms with Crippen LogP contribution in [-0.4, -0.2) is 25.5 Å². The highest BCUT2D eigenvalue weighted by Crippen LogP contribution is 2.16. The number of nitrogens with one attached hydrogen (secondary N) is 1. The normalized spacial score (nSPS) is 12.7. The summed E-state index contributed by atoms with van der Waals surface area (Å²) in [5.74, 6) is -0.500. The van der Waals surface area contributed by atoms with Gasteiger partial charge in [0.05, 0.1) is 12.2 Å². The number of hydrogen-bond acceptors (Lipinski definition) is 3. The minimum Gasteiger partial charge on any atom is -0.344 e. The number of rotatable bonds is 4. The SMILES string of the molecule is Cc1c(C(C)NC(=O)c2ccn(C(F)F)n2)cnn1C. The van der Waals surface area contributed by atoms with Crippen LogP contribution in [0.15, 0.2) is 18.5 Å². The zero-order chi connectivity index (χ0) is 14.9. The molecule has 0 fully saturated rings. The molecule has 0 aliphatic heterocycles. The van der Waals surface area contributed by atoms with Gasteiger partial charge in [0.1, 0.15) is 5.69 Å². The average molecular weight is 283 g/mol. The van der Waals surface area contributed by atoms with Crippen LogP contribution in [-0.2, 0) is 7.05 Å². The minimum atomic E-state index is -2.76. The summed E-state index contributed by atoms with van der Waals surface area (Å²) >= 11 is 0. The van der Waals surface area contributed by atoms with Crippen LogP contribution in [0.4, 0.5) is 8.78 Å². The van der Waals surface area contributed by atoms with E-state index in [0.717, 1.165) is 17.5 Å². The van der Waals surface area contributed by atoms with Gasteiger partial charge in [0, 0.05) is 24.5 Å². The third-order valence-electron chi connectivity index (χ3n) is 3.13. The van der Waals surface area contributed by atoms with Gasteiger partial charge >= 0.3 is 6.55 Å². The average Bonchev–Trinajstić information content (AvgIpc) is 2.98. The molecule has 0 radical (unpaired) electrons. The quantitative estimate of drug-likeness (QED) is 0.930. The van der Waals surface area contributed by atoms with Gasteiger partial charge in [-0.25, -0.2) is 4.68 Å². The Morgan fingerprint density at radius 3 is 2.65 bits per heavy atom. The molecule has 8 heteroatoms. The highest BCUT2D eigenvalue weighted by Gasteiger charge is 2.18. The number of nitrogens with zero attached hydrogens (tertiary/aromatic N) is 4. The van der Waals surface area contributed by atoms with Crippen LogP contribution in [0.2, 0.25) is 0 Å². The van der Waals surface area contributed by atoms with Crippen LogP contribution in [0.3, 0.4) is 0 Å². The van der Waals surface area contributed by atoms with Gasteiger partial charge in [-0.15, -0.1) is 0 Å². The Bertz CT molecular complexity index is 619. The summed E-state index contributed by atoms with van der Waals surface area (Å²) in [6, 6.07) is 0.970. The molecule has 0 bridgehead atoms. The molecule has 0 saturated carbocycles. The van der Waals surface area contributed by atoms with Gasteiger partial charge in [0.25, 0.3) is 5.91 Å². The van der Waals surface area contributed by atoms with Crippen LogP contribution >= 0.6 is 0 Å². The molecular formula is C12H15F2N5O. The first-order valence-corrected chi connectivity index (χ1v) is 6.02. The van der Waals surface area contributed by atoms with Crippen molar-refractivity contribution >= 4 is 5.91 Å². The fourth-order valence-corrected chi connectivity index (χ4v) is 1.86. The molecule has 2 aromatic heterocycles. The van der Waals surface area contributed by atoms with Gasteiger partial charge in [-0.05, 0) is 19.9 Å². The molecule has 1 unspecified atom stereocenters. The van der Waals surface area contributed by atoms with E-state index in [1.54, 1.807) is 24.9 Å². The Morgan fingerprint density at radius 2 is 2.15 bits per heavy atom. The van der Waals surface area contributed by atoms with Crippen LogP contribution in [0, 0.1) is 6.92 Å². The van der Waals surface area contributed by atoms with Crippen molar-refractivity contribution in [1.29, 1.82) is 0 Å². The van der Waals surface area contributed by atoms with E-state index in [2.05, 4.69) is 15.5 Å². The molecule has 0 spiro atoms. The van der Waals surface area contributed by atoms with E-state index >= 15 is 0 Å². The molecule has 0 saturated heterocycles. The number of halogens is 2. The highest BCUT2D eigenvalue weighted by molar-refractivity contribution is 5.92. The van der Waals surface area contributed by atoms with E-state index in [-0.39, 0.29) is 11.7 Å². The van der Waals surface area contributed by atoms with Gasteiger partial charge < -0.3 is 5.32 Å². The third kappa shape index (κ3) is 2.68. The maximum Gasteiger partial charge on any atom is 0.333 e. The molecule has 20 heavy (non-hydrogen) atoms. The van der Waals surface area contributed by atoms with E-state index < -0.39 is 12.5 Å². The number of carbonyl (C=O) groups is 1. The van der Waals surface area contributed by atoms with Crippen molar-refractivity contribution in [2.75, 3.05) is 0 Å². The predicted molar refractivity (Wildman–Crippen MR) is 67.3 cm³/mol. The molecule has 2 rings (SSSR count). The first-order valence-electron chi connectivity index (χ1n) is 6.02. The number of carbonyl (C=O) groups excluding carboxylic acids is 1. The topological polar surface area (TPSA) is 64.7 Å². The van der Waals surface area contributed by atoms with Crippen LogP contribution < -0.4 is 5.32 Å². The molecule has 1 atom stereocenters. The van der Waals surface area contributed by atoms with Gasteiger partial charge in [-0.3, -0.25) is 9.48 Å². The molecular weight excluding hydrogens is 268 g/mol. The van der Waals surface area contributed by atoms with Crippen molar-refractivity contribution in [3.05, 3.63) is 35.4 Å². The first-order chi connectivity index (χ1) is 9.40. The summed E-state index contributed by atoms with van der Waals surface area (Å²) in [7, 11) is 1.80. The minimum absolute atomic E-state index is 0.0429. The van der Waals surface area contributed by atoms with Crippen molar-refractivity contribution in [2.24, 2.45) is 7.05 Å². The Labute approximate surface area is 114 Å². The molecule has 108 valence electrons. The van der Waals surface area contributed by atoms with Crippen LogP contribution in [0.1, 0.15) is 41.3 Å². The molecule has 1 N–H and O–H groups in total. The summed E-state index contributed by atoms with van der Waals surface area (Å²) in [4.78, 5) is 11.9. The van der Waals surface area contributed by atoms with Crippen LogP contribution in [0.5, 0.6) is 0 Å². The lowest BCUT2D eigenvalue weighted by Crippen LogP contribution is -2.27. The lowest BCUT2D eigenvalue weighted by atomic mass is 10.1. The lowest BCUT2D eigenvalue weighted by molar-refractivity contribution is 0.0559. The molecule has 0 aliphatic rings. The monoisotopic (exact) mass is 283 g/mol. The third-order valence-corrected chi connectivity index (χ3v) is 3.13. The molecule has 0 aliphatic carbocycles. The number of alkyl halides is 2. The van der Waals surface area contributed by atoms with Crippen molar-refractivity contribution < 1.29 is 13.6 Å². The van der Waals surface area contributed by atoms with Crippen molar-refractivity contribution in [3.8, 4) is 0 Å². The fraction of sp³-hybridized carbons (Fsp3) is 0.417. The standard InChI is InChI=1S/C12H15F2N5O/c1-7(9-6-15-18(3)8(9)2)16-11(20)10-4-5-19(17-10)12(13)14/h4-7,12H,1-3H3,(H,16,20). The molecule has 2 aromatic rings. The summed E-state index contributed by atoms with van der Waals surface area (Å²) < 4.78 is 26.9. The molecule has 6 nitrogen and oxygen atoms in total. The van der Waals surface area contributed by atoms with Gasteiger partial charge in [-0.1, -0.05) is 0 Å². The maximum absolute atomic E-state index is 12.4. The van der Waals surface area contributed by atoms with E-state index in [1.165, 1.54) is 6.07 Å². The Kier molecular flexibility index (Phi) is 3.82. The Balaban J connectivity index is 2.09. The molecule has 0 aromatic carbocycles. The fourth-order valence-electron chi connectivity index (χ4n) is 1.86. The zero-order valence-corrected chi connectivity index (χ0v) is 11.3. The smallest absolute Gasteiger partial charge is 0.333 e.